The lowest BCUT2D eigenvalue weighted by Gasteiger charge is -2.27. The average molecular weight is 381 g/mol. The second-order valence-electron chi connectivity index (χ2n) is 7.30. The van der Waals surface area contributed by atoms with Gasteiger partial charge in [0.1, 0.15) is 0 Å². The molecule has 1 aliphatic rings. The van der Waals surface area contributed by atoms with Crippen LogP contribution >= 0.6 is 11.6 Å². The van der Waals surface area contributed by atoms with E-state index in [1.165, 1.54) is 0 Å². The topological polar surface area (TPSA) is 87.9 Å². The van der Waals surface area contributed by atoms with Crippen LogP contribution in [0.4, 0.5) is 5.69 Å². The Hall–Kier alpha value is -2.55. The van der Waals surface area contributed by atoms with Crippen LogP contribution in [0.3, 0.4) is 0 Å². The van der Waals surface area contributed by atoms with E-state index >= 15 is 0 Å². The summed E-state index contributed by atoms with van der Waals surface area (Å²) in [4.78, 5) is 4.20. The van der Waals surface area contributed by atoms with Crippen LogP contribution in [0.25, 0.3) is 22.0 Å². The summed E-state index contributed by atoms with van der Waals surface area (Å²) in [6.07, 6.45) is 8.59. The number of pyridine rings is 1. The van der Waals surface area contributed by atoms with Crippen molar-refractivity contribution in [3.63, 3.8) is 0 Å². The van der Waals surface area contributed by atoms with Gasteiger partial charge in [0.2, 0.25) is 0 Å². The van der Waals surface area contributed by atoms with E-state index in [1.807, 2.05) is 13.0 Å². The lowest BCUT2D eigenvalue weighted by molar-refractivity contribution is 0.111. The fourth-order valence-electron chi connectivity index (χ4n) is 4.02. The molecule has 0 atom stereocenters. The number of nitriles is 1. The molecule has 0 saturated heterocycles. The number of rotatable bonds is 2. The zero-order valence-electron chi connectivity index (χ0n) is 15.1. The molecule has 138 valence electrons. The van der Waals surface area contributed by atoms with Gasteiger partial charge in [-0.15, -0.1) is 0 Å². The Bertz CT molecular complexity index is 1060. The average Bonchev–Trinajstić information content (AvgIpc) is 3.02. The van der Waals surface area contributed by atoms with Gasteiger partial charge < -0.3 is 15.4 Å². The molecule has 5 nitrogen and oxygen atoms in total. The molecule has 0 radical (unpaired) electrons. The molecule has 1 aliphatic carbocycles. The molecule has 0 aliphatic heterocycles. The summed E-state index contributed by atoms with van der Waals surface area (Å²) in [6, 6.07) is 6.57. The van der Waals surface area contributed by atoms with Crippen LogP contribution in [-0.4, -0.2) is 20.8 Å². The molecule has 2 aromatic heterocycles. The van der Waals surface area contributed by atoms with E-state index in [0.29, 0.717) is 22.3 Å². The lowest BCUT2D eigenvalue weighted by atomic mass is 9.93. The second kappa shape index (κ2) is 6.88. The number of fused-ring (bicyclic) bond motifs is 1. The van der Waals surface area contributed by atoms with Crippen LogP contribution in [-0.2, 0) is 0 Å². The minimum atomic E-state index is -0.206. The molecule has 0 spiro atoms. The molecule has 0 bridgehead atoms. The van der Waals surface area contributed by atoms with E-state index in [0.717, 1.165) is 53.3 Å². The molecule has 3 aromatic rings. The SMILES string of the molecule is Cc1cc2c(cc1C#N)c(-c1cncc(N)c1Cl)cn2C1CCC(O)CC1. The summed E-state index contributed by atoms with van der Waals surface area (Å²) >= 11 is 6.47. The van der Waals surface area contributed by atoms with Crippen molar-refractivity contribution in [3.8, 4) is 17.2 Å². The van der Waals surface area contributed by atoms with Gasteiger partial charge in [-0.25, -0.2) is 0 Å². The molecule has 0 unspecified atom stereocenters. The van der Waals surface area contributed by atoms with Crippen LogP contribution in [0.1, 0.15) is 42.9 Å². The highest BCUT2D eigenvalue weighted by atomic mass is 35.5. The quantitative estimate of drug-likeness (QED) is 0.680. The van der Waals surface area contributed by atoms with Crippen LogP contribution in [0.15, 0.2) is 30.7 Å². The zero-order chi connectivity index (χ0) is 19.1. The van der Waals surface area contributed by atoms with Crippen molar-refractivity contribution in [1.82, 2.24) is 9.55 Å². The minimum absolute atomic E-state index is 0.206. The number of aromatic nitrogens is 2. The fraction of sp³-hybridized carbons (Fsp3) is 0.333. The Balaban J connectivity index is 1.96. The van der Waals surface area contributed by atoms with E-state index in [2.05, 4.69) is 27.9 Å². The second-order valence-corrected chi connectivity index (χ2v) is 7.68. The maximum atomic E-state index is 9.86. The Morgan fingerprint density at radius 2 is 1.96 bits per heavy atom. The van der Waals surface area contributed by atoms with Gasteiger partial charge >= 0.3 is 0 Å². The van der Waals surface area contributed by atoms with Gasteiger partial charge in [-0.2, -0.15) is 5.26 Å². The maximum Gasteiger partial charge on any atom is 0.0994 e. The number of hydrogen-bond acceptors (Lipinski definition) is 4. The van der Waals surface area contributed by atoms with Crippen LogP contribution in [0.5, 0.6) is 0 Å². The summed E-state index contributed by atoms with van der Waals surface area (Å²) in [5.41, 5.74) is 10.8. The monoisotopic (exact) mass is 380 g/mol. The Kier molecular flexibility index (Phi) is 4.55. The highest BCUT2D eigenvalue weighted by Crippen LogP contribution is 2.41. The molecule has 6 heteroatoms. The third-order valence-corrected chi connectivity index (χ3v) is 5.98. The first-order valence-corrected chi connectivity index (χ1v) is 9.50. The maximum absolute atomic E-state index is 9.86. The first-order chi connectivity index (χ1) is 13.0. The number of hydrogen-bond donors (Lipinski definition) is 2. The predicted molar refractivity (Wildman–Crippen MR) is 108 cm³/mol. The van der Waals surface area contributed by atoms with Crippen molar-refractivity contribution in [2.75, 3.05) is 5.73 Å². The van der Waals surface area contributed by atoms with Gasteiger partial charge in [-0.05, 0) is 50.3 Å². The molecule has 0 amide bonds. The third-order valence-electron chi connectivity index (χ3n) is 5.56. The van der Waals surface area contributed by atoms with Crippen LogP contribution in [0.2, 0.25) is 5.02 Å². The molecular formula is C21H21ClN4O. The Labute approximate surface area is 163 Å². The number of aliphatic hydroxyl groups is 1. The number of benzene rings is 1. The van der Waals surface area contributed by atoms with Gasteiger partial charge in [-0.3, -0.25) is 4.98 Å². The predicted octanol–water partition coefficient (Wildman–Crippen LogP) is 4.60. The van der Waals surface area contributed by atoms with Crippen molar-refractivity contribution in [2.45, 2.75) is 44.8 Å². The third kappa shape index (κ3) is 3.05. The Morgan fingerprint density at radius 1 is 1.22 bits per heavy atom. The normalized spacial score (nSPS) is 19.9. The largest absolute Gasteiger partial charge is 0.396 e. The smallest absolute Gasteiger partial charge is 0.0994 e. The standard InChI is InChI=1S/C21H21ClN4O/c1-12-6-20-16(7-13(12)8-23)18(17-9-25-10-19(24)21(17)22)11-26(20)14-2-4-15(27)5-3-14/h6-7,9-11,14-15,27H,2-5,24H2,1H3. The van der Waals surface area contributed by atoms with E-state index in [-0.39, 0.29) is 6.10 Å². The summed E-state index contributed by atoms with van der Waals surface area (Å²) in [6.45, 7) is 1.95. The zero-order valence-corrected chi connectivity index (χ0v) is 15.9. The number of nitrogen functional groups attached to an aromatic ring is 1. The van der Waals surface area contributed by atoms with E-state index in [9.17, 15) is 10.4 Å². The highest BCUT2D eigenvalue weighted by molar-refractivity contribution is 6.36. The van der Waals surface area contributed by atoms with Gasteiger partial charge in [0, 0.05) is 40.5 Å². The molecule has 27 heavy (non-hydrogen) atoms. The van der Waals surface area contributed by atoms with E-state index < -0.39 is 0 Å². The fourth-order valence-corrected chi connectivity index (χ4v) is 4.22. The number of nitrogens with two attached hydrogens (primary N) is 1. The summed E-state index contributed by atoms with van der Waals surface area (Å²) in [5.74, 6) is 0. The molecular weight excluding hydrogens is 360 g/mol. The molecule has 1 aromatic carbocycles. The first-order valence-electron chi connectivity index (χ1n) is 9.12. The van der Waals surface area contributed by atoms with Gasteiger partial charge in [-0.1, -0.05) is 11.6 Å². The van der Waals surface area contributed by atoms with Crippen LogP contribution < -0.4 is 5.73 Å². The molecule has 1 saturated carbocycles. The van der Waals surface area contributed by atoms with Crippen LogP contribution in [0, 0.1) is 18.3 Å². The van der Waals surface area contributed by atoms with Gasteiger partial charge in [0.25, 0.3) is 0 Å². The number of halogens is 1. The Morgan fingerprint density at radius 3 is 2.67 bits per heavy atom. The molecule has 3 N–H and O–H groups in total. The summed E-state index contributed by atoms with van der Waals surface area (Å²) < 4.78 is 2.27. The summed E-state index contributed by atoms with van der Waals surface area (Å²) in [7, 11) is 0. The molecule has 1 fully saturated rings. The lowest BCUT2D eigenvalue weighted by Crippen LogP contribution is -2.20. The van der Waals surface area contributed by atoms with Gasteiger partial charge in [0.05, 0.1) is 34.6 Å². The van der Waals surface area contributed by atoms with Crippen molar-refractivity contribution in [2.24, 2.45) is 0 Å². The number of nitrogens with zero attached hydrogens (tertiary/aromatic N) is 3. The van der Waals surface area contributed by atoms with E-state index in [4.69, 9.17) is 17.3 Å². The van der Waals surface area contributed by atoms with Crippen molar-refractivity contribution < 1.29 is 5.11 Å². The van der Waals surface area contributed by atoms with Crippen molar-refractivity contribution >= 4 is 28.2 Å². The van der Waals surface area contributed by atoms with Crippen molar-refractivity contribution in [3.05, 3.63) is 46.9 Å². The van der Waals surface area contributed by atoms with E-state index in [1.54, 1.807) is 12.4 Å². The molecule has 4 rings (SSSR count). The first kappa shape index (κ1) is 17.8. The number of anilines is 1. The summed E-state index contributed by atoms with van der Waals surface area (Å²) in [5, 5.41) is 20.8. The van der Waals surface area contributed by atoms with Crippen molar-refractivity contribution in [1.29, 1.82) is 5.26 Å². The number of aryl methyl sites for hydroxylation is 1. The number of aliphatic hydroxyl groups excluding tert-OH is 1. The van der Waals surface area contributed by atoms with Gasteiger partial charge in [0.15, 0.2) is 0 Å². The minimum Gasteiger partial charge on any atom is -0.396 e. The molecule has 2 heterocycles. The highest BCUT2D eigenvalue weighted by Gasteiger charge is 2.24.